The molecule has 2 aromatic heterocycles. The first-order valence-electron chi connectivity index (χ1n) is 15.0. The summed E-state index contributed by atoms with van der Waals surface area (Å²) in [5, 5.41) is 8.50. The van der Waals surface area contributed by atoms with Crippen molar-refractivity contribution < 1.29 is 0 Å². The minimum absolute atomic E-state index is 1.21. The Hall–Kier alpha value is -2.42. The third-order valence-electron chi connectivity index (χ3n) is 8.34. The predicted octanol–water partition coefficient (Wildman–Crippen LogP) is 12.6. The monoisotopic (exact) mass is 536 g/mol. The van der Waals surface area contributed by atoms with Gasteiger partial charge < -0.3 is 0 Å². The van der Waals surface area contributed by atoms with Crippen molar-refractivity contribution in [1.82, 2.24) is 0 Å². The third-order valence-corrected chi connectivity index (χ3v) is 10.7. The van der Waals surface area contributed by atoms with Crippen LogP contribution in [0, 0.1) is 0 Å². The van der Waals surface area contributed by atoms with Crippen LogP contribution in [0.3, 0.4) is 0 Å². The molecule has 0 saturated carbocycles. The van der Waals surface area contributed by atoms with Crippen LogP contribution in [0.4, 0.5) is 0 Å². The molecular weight excluding hydrogens is 497 g/mol. The van der Waals surface area contributed by atoms with Crippen LogP contribution >= 0.6 is 22.7 Å². The summed E-state index contributed by atoms with van der Waals surface area (Å²) in [7, 11) is 0. The van der Waals surface area contributed by atoms with Gasteiger partial charge in [-0.25, -0.2) is 0 Å². The molecule has 0 fully saturated rings. The summed E-state index contributed by atoms with van der Waals surface area (Å²) in [4.78, 5) is 0. The zero-order valence-electron chi connectivity index (χ0n) is 23.1. The fraction of sp³-hybridized carbons (Fsp3) is 0.389. The van der Waals surface area contributed by atoms with E-state index in [4.69, 9.17) is 0 Å². The molecule has 0 N–H and O–H groups in total. The molecule has 0 amide bonds. The van der Waals surface area contributed by atoms with Crippen LogP contribution in [0.5, 0.6) is 0 Å². The summed E-state index contributed by atoms with van der Waals surface area (Å²) in [6.45, 7) is 4.58. The van der Waals surface area contributed by atoms with E-state index < -0.39 is 0 Å². The Kier molecular flexibility index (Phi) is 8.00. The van der Waals surface area contributed by atoms with E-state index in [-0.39, 0.29) is 0 Å². The molecule has 6 rings (SSSR count). The van der Waals surface area contributed by atoms with Gasteiger partial charge in [0.15, 0.2) is 0 Å². The summed E-state index contributed by atoms with van der Waals surface area (Å²) in [6, 6.07) is 24.0. The largest absolute Gasteiger partial charge is 0.135 e. The van der Waals surface area contributed by atoms with Crippen molar-refractivity contribution in [3.8, 4) is 0 Å². The molecule has 196 valence electrons. The maximum Gasteiger partial charge on any atom is 0.0434 e. The Morgan fingerprint density at radius 3 is 1.21 bits per heavy atom. The van der Waals surface area contributed by atoms with Gasteiger partial charge in [0.1, 0.15) is 0 Å². The summed E-state index contributed by atoms with van der Waals surface area (Å²) < 4.78 is 5.78. The normalized spacial score (nSPS) is 12.2. The lowest BCUT2D eigenvalue weighted by molar-refractivity contribution is 0.632. The molecular formula is C36H40S2. The predicted molar refractivity (Wildman–Crippen MR) is 175 cm³/mol. The highest BCUT2D eigenvalue weighted by Crippen LogP contribution is 2.44. The molecule has 0 nitrogen and oxygen atoms in total. The van der Waals surface area contributed by atoms with Crippen LogP contribution in [0.25, 0.3) is 51.1 Å². The van der Waals surface area contributed by atoms with Crippen LogP contribution in [0.1, 0.15) is 89.2 Å². The second-order valence-electron chi connectivity index (χ2n) is 11.2. The number of benzene rings is 4. The van der Waals surface area contributed by atoms with Gasteiger partial charge in [-0.1, -0.05) is 114 Å². The highest BCUT2D eigenvalue weighted by molar-refractivity contribution is 7.28. The van der Waals surface area contributed by atoms with Gasteiger partial charge >= 0.3 is 0 Å². The Morgan fingerprint density at radius 2 is 0.789 bits per heavy atom. The van der Waals surface area contributed by atoms with E-state index in [2.05, 4.69) is 74.5 Å². The van der Waals surface area contributed by atoms with Gasteiger partial charge in [-0.15, -0.1) is 22.7 Å². The molecule has 0 unspecified atom stereocenters. The van der Waals surface area contributed by atoms with Gasteiger partial charge in [-0.05, 0) is 48.9 Å². The van der Waals surface area contributed by atoms with Crippen molar-refractivity contribution in [1.29, 1.82) is 0 Å². The Morgan fingerprint density at radius 1 is 0.421 bits per heavy atom. The molecule has 2 heterocycles. The number of hydrogen-bond donors (Lipinski definition) is 0. The molecule has 0 aliphatic rings. The van der Waals surface area contributed by atoms with Crippen LogP contribution in [-0.4, -0.2) is 0 Å². The minimum Gasteiger partial charge on any atom is -0.135 e. The van der Waals surface area contributed by atoms with Crippen molar-refractivity contribution in [3.63, 3.8) is 0 Å². The lowest BCUT2D eigenvalue weighted by atomic mass is 10.0. The number of fused-ring (bicyclic) bond motifs is 9. The van der Waals surface area contributed by atoms with E-state index in [0.717, 1.165) is 0 Å². The quantitative estimate of drug-likeness (QED) is 0.136. The van der Waals surface area contributed by atoms with Gasteiger partial charge in [-0.2, -0.15) is 0 Å². The lowest BCUT2D eigenvalue weighted by Gasteiger charge is -2.03. The molecule has 6 aromatic rings. The van der Waals surface area contributed by atoms with E-state index in [0.29, 0.717) is 0 Å². The molecule has 0 aliphatic carbocycles. The second-order valence-corrected chi connectivity index (χ2v) is 13.3. The Bertz CT molecular complexity index is 1570. The summed E-state index contributed by atoms with van der Waals surface area (Å²) in [5.74, 6) is 0. The molecule has 0 saturated heterocycles. The highest BCUT2D eigenvalue weighted by Gasteiger charge is 2.14. The zero-order chi connectivity index (χ0) is 25.9. The van der Waals surface area contributed by atoms with Gasteiger partial charge in [0.05, 0.1) is 0 Å². The lowest BCUT2D eigenvalue weighted by Crippen LogP contribution is -1.85. The first kappa shape index (κ1) is 25.8. The topological polar surface area (TPSA) is 0 Å². The minimum atomic E-state index is 1.21. The van der Waals surface area contributed by atoms with Crippen molar-refractivity contribution in [3.05, 3.63) is 71.8 Å². The zero-order valence-corrected chi connectivity index (χ0v) is 24.7. The number of unbranched alkanes of at least 4 members (excludes halogenated alkanes) is 8. The Labute approximate surface area is 235 Å². The first-order chi connectivity index (χ1) is 18.8. The first-order valence-corrected chi connectivity index (χ1v) is 16.6. The molecule has 0 bridgehead atoms. The SMILES string of the molecule is CCCCCCCc1ccc2c(c1)sc1c2ccc2c1ccc1c3ccc(CCCCCCC)cc3sc12. The Balaban J connectivity index is 1.32. The fourth-order valence-corrected chi connectivity index (χ4v) is 8.73. The average molecular weight is 537 g/mol. The van der Waals surface area contributed by atoms with Gasteiger partial charge in [-0.3, -0.25) is 0 Å². The van der Waals surface area contributed by atoms with Crippen LogP contribution in [-0.2, 0) is 12.8 Å². The molecule has 4 aromatic carbocycles. The van der Waals surface area contributed by atoms with E-state index in [1.807, 2.05) is 22.7 Å². The second kappa shape index (κ2) is 11.8. The molecule has 2 heteroatoms. The van der Waals surface area contributed by atoms with Crippen molar-refractivity contribution in [2.75, 3.05) is 0 Å². The smallest absolute Gasteiger partial charge is 0.0434 e. The number of rotatable bonds is 12. The number of aryl methyl sites for hydroxylation is 2. The highest BCUT2D eigenvalue weighted by atomic mass is 32.1. The molecule has 38 heavy (non-hydrogen) atoms. The van der Waals surface area contributed by atoms with E-state index in [1.165, 1.54) is 139 Å². The summed E-state index contributed by atoms with van der Waals surface area (Å²) in [6.07, 6.45) is 15.9. The van der Waals surface area contributed by atoms with Crippen LogP contribution in [0.2, 0.25) is 0 Å². The fourth-order valence-electron chi connectivity index (χ4n) is 6.14. The molecule has 0 atom stereocenters. The van der Waals surface area contributed by atoms with Crippen LogP contribution in [0.15, 0.2) is 60.7 Å². The third kappa shape index (κ3) is 5.10. The average Bonchev–Trinajstić information content (AvgIpc) is 3.50. The van der Waals surface area contributed by atoms with Gasteiger partial charge in [0, 0.05) is 51.1 Å². The maximum absolute atomic E-state index is 2.47. The van der Waals surface area contributed by atoms with Crippen LogP contribution < -0.4 is 0 Å². The van der Waals surface area contributed by atoms with Crippen molar-refractivity contribution in [2.24, 2.45) is 0 Å². The molecule has 0 radical (unpaired) electrons. The number of thiophene rings is 2. The maximum atomic E-state index is 2.47. The van der Waals surface area contributed by atoms with E-state index >= 15 is 0 Å². The van der Waals surface area contributed by atoms with Crippen molar-refractivity contribution in [2.45, 2.75) is 90.9 Å². The summed E-state index contributed by atoms with van der Waals surface area (Å²) >= 11 is 3.98. The van der Waals surface area contributed by atoms with E-state index in [9.17, 15) is 0 Å². The standard InChI is InChI=1S/C36H40S2/c1-3-5-7-9-11-13-25-15-17-27-29-19-21-32-31(35(29)37-33(27)23-25)22-20-30-28-18-16-26(14-12-10-8-6-4-2)24-34(28)38-36(30)32/h15-24H,3-14H2,1-2H3. The molecule has 0 aliphatic heterocycles. The van der Waals surface area contributed by atoms with Crippen molar-refractivity contribution >= 4 is 73.8 Å². The van der Waals surface area contributed by atoms with Gasteiger partial charge in [0.2, 0.25) is 0 Å². The number of hydrogen-bond acceptors (Lipinski definition) is 2. The molecule has 0 spiro atoms. The summed E-state index contributed by atoms with van der Waals surface area (Å²) in [5.41, 5.74) is 3.00. The van der Waals surface area contributed by atoms with E-state index in [1.54, 1.807) is 0 Å². The van der Waals surface area contributed by atoms with Gasteiger partial charge in [0.25, 0.3) is 0 Å².